The molecule has 0 radical (unpaired) electrons. The standard InChI is InChI=1S/C26H27ClN2O5S/c1-17(2)19-7-10-21(11-8-19)29(35(32,33)22-12-5-18(3)6-13-22)16-25(30)28-24-15-20(26(31)34-4)9-14-23(24)27/h5-15,17H,16H2,1-4H3,(H,28,30). The van der Waals surface area contributed by atoms with E-state index in [0.717, 1.165) is 15.4 Å². The Morgan fingerprint density at radius 3 is 2.20 bits per heavy atom. The minimum Gasteiger partial charge on any atom is -0.465 e. The Labute approximate surface area is 210 Å². The molecule has 0 heterocycles. The zero-order chi connectivity index (χ0) is 25.8. The highest BCUT2D eigenvalue weighted by molar-refractivity contribution is 7.92. The first-order chi connectivity index (χ1) is 16.5. The first-order valence-electron chi connectivity index (χ1n) is 10.9. The van der Waals surface area contributed by atoms with Crippen molar-refractivity contribution in [1.29, 1.82) is 0 Å². The van der Waals surface area contributed by atoms with Crippen LogP contribution in [0.2, 0.25) is 5.02 Å². The van der Waals surface area contributed by atoms with Crippen molar-refractivity contribution in [3.63, 3.8) is 0 Å². The van der Waals surface area contributed by atoms with Crippen LogP contribution in [0.25, 0.3) is 0 Å². The molecule has 0 saturated heterocycles. The minimum atomic E-state index is -4.06. The van der Waals surface area contributed by atoms with Crippen LogP contribution in [0.4, 0.5) is 11.4 Å². The number of esters is 1. The largest absolute Gasteiger partial charge is 0.465 e. The average molecular weight is 515 g/mol. The molecule has 0 atom stereocenters. The van der Waals surface area contributed by atoms with Crippen molar-refractivity contribution in [3.8, 4) is 0 Å². The van der Waals surface area contributed by atoms with Crippen molar-refractivity contribution in [3.05, 3.63) is 88.4 Å². The van der Waals surface area contributed by atoms with Crippen LogP contribution in [0.15, 0.2) is 71.6 Å². The predicted octanol–water partition coefficient (Wildman–Crippen LogP) is 5.39. The van der Waals surface area contributed by atoms with Crippen LogP contribution in [0, 0.1) is 6.92 Å². The highest BCUT2D eigenvalue weighted by Crippen LogP contribution is 2.27. The Balaban J connectivity index is 1.96. The van der Waals surface area contributed by atoms with Crippen LogP contribution in [-0.4, -0.2) is 33.9 Å². The molecule has 0 spiro atoms. The van der Waals surface area contributed by atoms with Crippen LogP contribution in [0.1, 0.15) is 41.3 Å². The molecule has 3 aromatic carbocycles. The fourth-order valence-electron chi connectivity index (χ4n) is 3.36. The van der Waals surface area contributed by atoms with Gasteiger partial charge < -0.3 is 10.1 Å². The smallest absolute Gasteiger partial charge is 0.337 e. The molecular formula is C26H27ClN2O5S. The lowest BCUT2D eigenvalue weighted by Gasteiger charge is -2.25. The van der Waals surface area contributed by atoms with E-state index in [1.165, 1.54) is 37.4 Å². The number of carbonyl (C=O) groups is 2. The van der Waals surface area contributed by atoms with Crippen LogP contribution in [-0.2, 0) is 19.6 Å². The van der Waals surface area contributed by atoms with Crippen LogP contribution >= 0.6 is 11.6 Å². The van der Waals surface area contributed by atoms with Gasteiger partial charge in [-0.15, -0.1) is 0 Å². The molecule has 7 nitrogen and oxygen atoms in total. The topological polar surface area (TPSA) is 92.8 Å². The Bertz CT molecular complexity index is 1320. The summed E-state index contributed by atoms with van der Waals surface area (Å²) in [6.45, 7) is 5.43. The molecule has 1 amide bonds. The summed E-state index contributed by atoms with van der Waals surface area (Å²) in [6.07, 6.45) is 0. The van der Waals surface area contributed by atoms with E-state index in [0.29, 0.717) is 5.69 Å². The fourth-order valence-corrected chi connectivity index (χ4v) is 4.95. The predicted molar refractivity (Wildman–Crippen MR) is 138 cm³/mol. The number of ether oxygens (including phenoxy) is 1. The zero-order valence-corrected chi connectivity index (χ0v) is 21.5. The summed E-state index contributed by atoms with van der Waals surface area (Å²) in [5.41, 5.74) is 2.66. The van der Waals surface area contributed by atoms with Gasteiger partial charge in [-0.05, 0) is 60.9 Å². The maximum Gasteiger partial charge on any atom is 0.337 e. The summed E-state index contributed by atoms with van der Waals surface area (Å²) < 4.78 is 32.9. The number of carbonyl (C=O) groups excluding carboxylic acids is 2. The van der Waals surface area contributed by atoms with Gasteiger partial charge in [0.1, 0.15) is 6.54 Å². The summed E-state index contributed by atoms with van der Waals surface area (Å²) >= 11 is 6.19. The number of halogens is 1. The van der Waals surface area contributed by atoms with Gasteiger partial charge in [0.25, 0.3) is 10.0 Å². The number of aryl methyl sites for hydroxylation is 1. The molecule has 0 saturated carbocycles. The number of anilines is 2. The number of amides is 1. The molecule has 0 aliphatic heterocycles. The van der Waals surface area contributed by atoms with Gasteiger partial charge in [-0.1, -0.05) is 55.3 Å². The third kappa shape index (κ3) is 6.21. The second-order valence-corrected chi connectivity index (χ2v) is 10.6. The molecule has 3 rings (SSSR count). The lowest BCUT2D eigenvalue weighted by atomic mass is 10.0. The Hall–Kier alpha value is -3.36. The number of hydrogen-bond acceptors (Lipinski definition) is 5. The van der Waals surface area contributed by atoms with Crippen LogP contribution < -0.4 is 9.62 Å². The first kappa shape index (κ1) is 26.2. The molecule has 0 aliphatic rings. The summed E-state index contributed by atoms with van der Waals surface area (Å²) in [5, 5.41) is 2.80. The Kier molecular flexibility index (Phi) is 8.19. The Morgan fingerprint density at radius 2 is 1.63 bits per heavy atom. The monoisotopic (exact) mass is 514 g/mol. The van der Waals surface area contributed by atoms with Crippen molar-refractivity contribution in [1.82, 2.24) is 0 Å². The van der Waals surface area contributed by atoms with Crippen molar-refractivity contribution < 1.29 is 22.7 Å². The average Bonchev–Trinajstić information content (AvgIpc) is 2.83. The molecule has 0 aliphatic carbocycles. The SMILES string of the molecule is COC(=O)c1ccc(Cl)c(NC(=O)CN(c2ccc(C(C)C)cc2)S(=O)(=O)c2ccc(C)cc2)c1. The van der Waals surface area contributed by atoms with Crippen LogP contribution in [0.3, 0.4) is 0 Å². The van der Waals surface area contributed by atoms with E-state index in [1.807, 2.05) is 32.9 Å². The zero-order valence-electron chi connectivity index (χ0n) is 19.9. The fraction of sp³-hybridized carbons (Fsp3) is 0.231. The molecule has 0 fully saturated rings. The van der Waals surface area contributed by atoms with E-state index in [-0.39, 0.29) is 27.1 Å². The van der Waals surface area contributed by atoms with Crippen molar-refractivity contribution >= 4 is 44.9 Å². The molecular weight excluding hydrogens is 488 g/mol. The number of benzene rings is 3. The third-order valence-electron chi connectivity index (χ3n) is 5.41. The van der Waals surface area contributed by atoms with E-state index < -0.39 is 28.4 Å². The summed E-state index contributed by atoms with van der Waals surface area (Å²) in [5.74, 6) is -0.956. The highest BCUT2D eigenvalue weighted by atomic mass is 35.5. The Morgan fingerprint density at radius 1 is 1.00 bits per heavy atom. The van der Waals surface area contributed by atoms with Crippen molar-refractivity contribution in [2.45, 2.75) is 31.6 Å². The minimum absolute atomic E-state index is 0.0644. The molecule has 0 aromatic heterocycles. The second-order valence-electron chi connectivity index (χ2n) is 8.31. The summed E-state index contributed by atoms with van der Waals surface area (Å²) in [6, 6.07) is 17.8. The molecule has 0 bridgehead atoms. The molecule has 184 valence electrons. The van der Waals surface area contributed by atoms with E-state index in [4.69, 9.17) is 16.3 Å². The van der Waals surface area contributed by atoms with Gasteiger partial charge in [0.2, 0.25) is 5.91 Å². The van der Waals surface area contributed by atoms with Crippen molar-refractivity contribution in [2.75, 3.05) is 23.3 Å². The normalized spacial score (nSPS) is 11.3. The first-order valence-corrected chi connectivity index (χ1v) is 12.7. The van der Waals surface area contributed by atoms with E-state index in [9.17, 15) is 18.0 Å². The van der Waals surface area contributed by atoms with E-state index in [2.05, 4.69) is 5.32 Å². The summed E-state index contributed by atoms with van der Waals surface area (Å²) in [7, 11) is -2.82. The van der Waals surface area contributed by atoms with Gasteiger partial charge in [-0.2, -0.15) is 0 Å². The maximum atomic E-state index is 13.6. The quantitative estimate of drug-likeness (QED) is 0.407. The molecule has 0 unspecified atom stereocenters. The van der Waals surface area contributed by atoms with Crippen molar-refractivity contribution in [2.24, 2.45) is 0 Å². The van der Waals surface area contributed by atoms with E-state index in [1.54, 1.807) is 24.3 Å². The maximum absolute atomic E-state index is 13.6. The van der Waals surface area contributed by atoms with Gasteiger partial charge in [0, 0.05) is 0 Å². The molecule has 35 heavy (non-hydrogen) atoms. The number of methoxy groups -OCH3 is 1. The number of hydrogen-bond donors (Lipinski definition) is 1. The molecule has 9 heteroatoms. The number of sulfonamides is 1. The third-order valence-corrected chi connectivity index (χ3v) is 7.52. The van der Waals surface area contributed by atoms with Gasteiger partial charge in [0.05, 0.1) is 34.0 Å². The van der Waals surface area contributed by atoms with Gasteiger partial charge in [0.15, 0.2) is 0 Å². The van der Waals surface area contributed by atoms with Gasteiger partial charge in [-0.25, -0.2) is 13.2 Å². The summed E-state index contributed by atoms with van der Waals surface area (Å²) in [4.78, 5) is 24.9. The second kappa shape index (κ2) is 10.9. The highest BCUT2D eigenvalue weighted by Gasteiger charge is 2.27. The number of nitrogens with zero attached hydrogens (tertiary/aromatic N) is 1. The lowest BCUT2D eigenvalue weighted by molar-refractivity contribution is -0.114. The molecule has 3 aromatic rings. The number of nitrogens with one attached hydrogen (secondary N) is 1. The van der Waals surface area contributed by atoms with Gasteiger partial charge >= 0.3 is 5.97 Å². The van der Waals surface area contributed by atoms with Gasteiger partial charge in [-0.3, -0.25) is 9.10 Å². The van der Waals surface area contributed by atoms with Crippen LogP contribution in [0.5, 0.6) is 0 Å². The number of rotatable bonds is 8. The molecule has 1 N–H and O–H groups in total. The van der Waals surface area contributed by atoms with E-state index >= 15 is 0 Å². The lowest BCUT2D eigenvalue weighted by Crippen LogP contribution is -2.38.